The van der Waals surface area contributed by atoms with Crippen molar-refractivity contribution in [2.75, 3.05) is 13.1 Å². The summed E-state index contributed by atoms with van der Waals surface area (Å²) in [6.07, 6.45) is 0.578. The molecule has 1 saturated heterocycles. The average molecular weight is 253 g/mol. The zero-order chi connectivity index (χ0) is 12.4. The lowest BCUT2D eigenvalue weighted by Crippen LogP contribution is -2.29. The van der Waals surface area contributed by atoms with E-state index >= 15 is 0 Å². The van der Waals surface area contributed by atoms with Gasteiger partial charge in [0.2, 0.25) is 5.91 Å². The first-order valence-electron chi connectivity index (χ1n) is 5.87. The van der Waals surface area contributed by atoms with E-state index < -0.39 is 0 Å². The summed E-state index contributed by atoms with van der Waals surface area (Å²) in [5, 5.41) is 0.716. The van der Waals surface area contributed by atoms with Gasteiger partial charge in [0.25, 0.3) is 0 Å². The van der Waals surface area contributed by atoms with Crippen LogP contribution in [0.15, 0.2) is 24.3 Å². The minimum absolute atomic E-state index is 0.0938. The topological polar surface area (TPSA) is 46.3 Å². The van der Waals surface area contributed by atoms with Crippen LogP contribution in [0.5, 0.6) is 0 Å². The van der Waals surface area contributed by atoms with Crippen molar-refractivity contribution in [3.8, 4) is 0 Å². The third-order valence-electron chi connectivity index (χ3n) is 3.39. The fourth-order valence-corrected chi connectivity index (χ4v) is 2.39. The van der Waals surface area contributed by atoms with E-state index in [1.54, 1.807) is 0 Å². The highest BCUT2D eigenvalue weighted by atomic mass is 35.5. The monoisotopic (exact) mass is 252 g/mol. The molecule has 1 fully saturated rings. The van der Waals surface area contributed by atoms with Crippen LogP contribution in [-0.4, -0.2) is 23.9 Å². The molecule has 1 aromatic rings. The molecule has 17 heavy (non-hydrogen) atoms. The van der Waals surface area contributed by atoms with E-state index in [0.717, 1.165) is 12.1 Å². The van der Waals surface area contributed by atoms with Gasteiger partial charge in [-0.1, -0.05) is 23.7 Å². The molecule has 1 amide bonds. The summed E-state index contributed by atoms with van der Waals surface area (Å²) in [4.78, 5) is 13.8. The van der Waals surface area contributed by atoms with Crippen LogP contribution in [0.25, 0.3) is 0 Å². The Labute approximate surface area is 107 Å². The molecule has 2 atom stereocenters. The number of nitrogens with two attached hydrogens (primary N) is 1. The van der Waals surface area contributed by atoms with Gasteiger partial charge in [0.15, 0.2) is 0 Å². The van der Waals surface area contributed by atoms with Crippen LogP contribution in [0, 0.1) is 5.92 Å². The van der Waals surface area contributed by atoms with E-state index in [2.05, 4.69) is 0 Å². The normalized spacial score (nSPS) is 21.9. The van der Waals surface area contributed by atoms with Gasteiger partial charge in [-0.2, -0.15) is 0 Å². The lowest BCUT2D eigenvalue weighted by molar-refractivity contribution is -0.129. The number of hydrogen-bond donors (Lipinski definition) is 1. The van der Waals surface area contributed by atoms with Gasteiger partial charge in [-0.05, 0) is 37.1 Å². The molecule has 1 aromatic carbocycles. The van der Waals surface area contributed by atoms with Crippen LogP contribution in [0.4, 0.5) is 0 Å². The quantitative estimate of drug-likeness (QED) is 0.897. The number of halogens is 1. The molecule has 2 N–H and O–H groups in total. The summed E-state index contributed by atoms with van der Waals surface area (Å²) in [6, 6.07) is 7.74. The van der Waals surface area contributed by atoms with Crippen molar-refractivity contribution in [2.45, 2.75) is 19.4 Å². The first-order chi connectivity index (χ1) is 8.11. The van der Waals surface area contributed by atoms with Gasteiger partial charge >= 0.3 is 0 Å². The molecule has 92 valence electrons. The number of hydrogen-bond acceptors (Lipinski definition) is 2. The standard InChI is InChI=1S/C13H17ClN2O/c1-9(11-2-4-12(14)5-3-11)16-8-10(7-15)6-13(16)17/h2-5,9-10H,6-8,15H2,1H3. The van der Waals surface area contributed by atoms with Crippen LogP contribution in [0.3, 0.4) is 0 Å². The molecule has 0 spiro atoms. The minimum atomic E-state index is 0.0938. The lowest BCUT2D eigenvalue weighted by atomic mass is 10.1. The Morgan fingerprint density at radius 3 is 2.65 bits per heavy atom. The van der Waals surface area contributed by atoms with Crippen molar-refractivity contribution in [1.82, 2.24) is 4.90 Å². The Hall–Kier alpha value is -1.06. The van der Waals surface area contributed by atoms with Crippen LogP contribution in [-0.2, 0) is 4.79 Å². The zero-order valence-corrected chi connectivity index (χ0v) is 10.7. The van der Waals surface area contributed by atoms with Crippen LogP contribution < -0.4 is 5.73 Å². The second kappa shape index (κ2) is 5.07. The highest BCUT2D eigenvalue weighted by Crippen LogP contribution is 2.28. The highest BCUT2D eigenvalue weighted by molar-refractivity contribution is 6.30. The summed E-state index contributed by atoms with van der Waals surface area (Å²) >= 11 is 5.85. The number of carbonyl (C=O) groups is 1. The highest BCUT2D eigenvalue weighted by Gasteiger charge is 2.32. The summed E-state index contributed by atoms with van der Waals surface area (Å²) in [7, 11) is 0. The molecule has 1 heterocycles. The first-order valence-corrected chi connectivity index (χ1v) is 6.24. The molecule has 0 aromatic heterocycles. The maximum Gasteiger partial charge on any atom is 0.223 e. The number of nitrogens with zero attached hydrogens (tertiary/aromatic N) is 1. The van der Waals surface area contributed by atoms with Gasteiger partial charge in [0.1, 0.15) is 0 Å². The maximum absolute atomic E-state index is 11.9. The molecule has 0 saturated carbocycles. The molecule has 0 aliphatic carbocycles. The molecule has 0 radical (unpaired) electrons. The zero-order valence-electron chi connectivity index (χ0n) is 9.90. The van der Waals surface area contributed by atoms with Gasteiger partial charge in [-0.25, -0.2) is 0 Å². The molecule has 4 heteroatoms. The Kier molecular flexibility index (Phi) is 3.69. The minimum Gasteiger partial charge on any atom is -0.336 e. The second-order valence-electron chi connectivity index (χ2n) is 4.58. The van der Waals surface area contributed by atoms with Crippen molar-refractivity contribution >= 4 is 17.5 Å². The third kappa shape index (κ3) is 2.61. The predicted octanol–water partition coefficient (Wildman–Crippen LogP) is 2.21. The number of likely N-dealkylation sites (tertiary alicyclic amines) is 1. The van der Waals surface area contributed by atoms with Crippen molar-refractivity contribution in [3.05, 3.63) is 34.9 Å². The van der Waals surface area contributed by atoms with Crippen molar-refractivity contribution in [1.29, 1.82) is 0 Å². The fourth-order valence-electron chi connectivity index (χ4n) is 2.26. The van der Waals surface area contributed by atoms with E-state index in [9.17, 15) is 4.79 Å². The van der Waals surface area contributed by atoms with Gasteiger partial charge in [-0.3, -0.25) is 4.79 Å². The van der Waals surface area contributed by atoms with E-state index in [0.29, 0.717) is 23.9 Å². The molecule has 1 aliphatic rings. The molecular weight excluding hydrogens is 236 g/mol. The summed E-state index contributed by atoms with van der Waals surface area (Å²) in [5.74, 6) is 0.500. The van der Waals surface area contributed by atoms with Crippen LogP contribution in [0.2, 0.25) is 5.02 Å². The van der Waals surface area contributed by atoms with Crippen LogP contribution >= 0.6 is 11.6 Å². The molecule has 2 rings (SSSR count). The average Bonchev–Trinajstić information content (AvgIpc) is 2.71. The third-order valence-corrected chi connectivity index (χ3v) is 3.64. The predicted molar refractivity (Wildman–Crippen MR) is 68.7 cm³/mol. The van der Waals surface area contributed by atoms with E-state index in [1.165, 1.54) is 0 Å². The number of amides is 1. The molecule has 1 aliphatic heterocycles. The number of benzene rings is 1. The molecule has 3 nitrogen and oxygen atoms in total. The van der Waals surface area contributed by atoms with E-state index in [4.69, 9.17) is 17.3 Å². The smallest absolute Gasteiger partial charge is 0.223 e. The van der Waals surface area contributed by atoms with Gasteiger partial charge < -0.3 is 10.6 Å². The van der Waals surface area contributed by atoms with Gasteiger partial charge in [0, 0.05) is 18.0 Å². The van der Waals surface area contributed by atoms with Crippen molar-refractivity contribution in [2.24, 2.45) is 11.7 Å². The SMILES string of the molecule is CC(c1ccc(Cl)cc1)N1CC(CN)CC1=O. The molecule has 2 unspecified atom stereocenters. The number of rotatable bonds is 3. The summed E-state index contributed by atoms with van der Waals surface area (Å²) < 4.78 is 0. The first kappa shape index (κ1) is 12.4. The van der Waals surface area contributed by atoms with E-state index in [1.807, 2.05) is 36.1 Å². The number of carbonyl (C=O) groups excluding carboxylic acids is 1. The largest absolute Gasteiger partial charge is 0.336 e. The van der Waals surface area contributed by atoms with E-state index in [-0.39, 0.29) is 11.9 Å². The second-order valence-corrected chi connectivity index (χ2v) is 5.02. The molecular formula is C13H17ClN2O. The Bertz CT molecular complexity index is 404. The summed E-state index contributed by atoms with van der Waals surface area (Å²) in [6.45, 7) is 3.38. The Balaban J connectivity index is 2.12. The van der Waals surface area contributed by atoms with Crippen molar-refractivity contribution in [3.63, 3.8) is 0 Å². The van der Waals surface area contributed by atoms with Gasteiger partial charge in [0.05, 0.1) is 6.04 Å². The lowest BCUT2D eigenvalue weighted by Gasteiger charge is -2.25. The Morgan fingerprint density at radius 1 is 1.47 bits per heavy atom. The molecule has 0 bridgehead atoms. The Morgan fingerprint density at radius 2 is 2.12 bits per heavy atom. The fraction of sp³-hybridized carbons (Fsp3) is 0.462. The maximum atomic E-state index is 11.9. The van der Waals surface area contributed by atoms with Crippen LogP contribution in [0.1, 0.15) is 24.9 Å². The summed E-state index contributed by atoms with van der Waals surface area (Å²) in [5.41, 5.74) is 6.73. The van der Waals surface area contributed by atoms with Gasteiger partial charge in [-0.15, -0.1) is 0 Å². The van der Waals surface area contributed by atoms with Crippen molar-refractivity contribution < 1.29 is 4.79 Å².